The van der Waals surface area contributed by atoms with E-state index in [0.717, 1.165) is 29.9 Å². The van der Waals surface area contributed by atoms with Crippen LogP contribution in [0, 0.1) is 0 Å². The number of aromatic nitrogens is 5. The van der Waals surface area contributed by atoms with Crippen molar-refractivity contribution < 1.29 is 4.52 Å². The van der Waals surface area contributed by atoms with Crippen molar-refractivity contribution in [1.29, 1.82) is 0 Å². The third-order valence-corrected chi connectivity index (χ3v) is 5.54. The summed E-state index contributed by atoms with van der Waals surface area (Å²) in [6.07, 6.45) is 2.34. The van der Waals surface area contributed by atoms with Crippen LogP contribution in [0.1, 0.15) is 44.3 Å². The zero-order valence-electron chi connectivity index (χ0n) is 15.3. The Morgan fingerprint density at radius 1 is 1.22 bits per heavy atom. The molecule has 0 aliphatic carbocycles. The van der Waals surface area contributed by atoms with Crippen molar-refractivity contribution in [3.05, 3.63) is 41.0 Å². The van der Waals surface area contributed by atoms with Gasteiger partial charge in [-0.1, -0.05) is 48.4 Å². The van der Waals surface area contributed by atoms with Gasteiger partial charge in [0, 0.05) is 24.0 Å². The first-order valence-corrected chi connectivity index (χ1v) is 10.4. The van der Waals surface area contributed by atoms with Gasteiger partial charge >= 0.3 is 0 Å². The largest absolute Gasteiger partial charge is 0.341 e. The zero-order valence-corrected chi connectivity index (χ0v) is 16.9. The highest BCUT2D eigenvalue weighted by Crippen LogP contribution is 2.30. The maximum absolute atomic E-state index is 6.22. The number of halogens is 1. The van der Waals surface area contributed by atoms with Crippen molar-refractivity contribution in [3.8, 4) is 5.69 Å². The summed E-state index contributed by atoms with van der Waals surface area (Å²) in [4.78, 5) is 6.71. The molecule has 0 radical (unpaired) electrons. The molecule has 0 amide bonds. The quantitative estimate of drug-likeness (QED) is 0.566. The summed E-state index contributed by atoms with van der Waals surface area (Å²) >= 11 is 7.76. The Bertz CT molecular complexity index is 918. The van der Waals surface area contributed by atoms with E-state index < -0.39 is 0 Å². The van der Waals surface area contributed by atoms with Gasteiger partial charge in [0.1, 0.15) is 0 Å². The predicted octanol–water partition coefficient (Wildman–Crippen LogP) is 4.32. The second-order valence-electron chi connectivity index (χ2n) is 6.78. The van der Waals surface area contributed by atoms with Crippen LogP contribution < -0.4 is 4.90 Å². The van der Waals surface area contributed by atoms with Gasteiger partial charge in [0.25, 0.3) is 0 Å². The van der Waals surface area contributed by atoms with Crippen LogP contribution in [-0.2, 0) is 5.75 Å². The molecule has 0 saturated carbocycles. The van der Waals surface area contributed by atoms with Crippen molar-refractivity contribution in [3.63, 3.8) is 0 Å². The summed E-state index contributed by atoms with van der Waals surface area (Å²) in [6, 6.07) is 7.75. The minimum Gasteiger partial charge on any atom is -0.341 e. The number of anilines is 1. The van der Waals surface area contributed by atoms with Crippen LogP contribution >= 0.6 is 23.4 Å². The Morgan fingerprint density at radius 3 is 2.74 bits per heavy atom. The van der Waals surface area contributed by atoms with Crippen LogP contribution in [-0.4, -0.2) is 38.0 Å². The zero-order chi connectivity index (χ0) is 18.8. The predicted molar refractivity (Wildman–Crippen MR) is 106 cm³/mol. The molecule has 3 aromatic rings. The minimum absolute atomic E-state index is 0.216. The molecule has 1 aromatic carbocycles. The lowest BCUT2D eigenvalue weighted by molar-refractivity contribution is 0.362. The van der Waals surface area contributed by atoms with Gasteiger partial charge in [0.05, 0.1) is 11.4 Å². The lowest BCUT2D eigenvalue weighted by Gasteiger charge is -2.18. The Hall–Kier alpha value is -2.06. The van der Waals surface area contributed by atoms with Gasteiger partial charge in [0.15, 0.2) is 11.0 Å². The van der Waals surface area contributed by atoms with Crippen molar-refractivity contribution in [2.45, 2.75) is 43.5 Å². The van der Waals surface area contributed by atoms with Crippen LogP contribution in [0.2, 0.25) is 5.02 Å². The van der Waals surface area contributed by atoms with E-state index >= 15 is 0 Å². The van der Waals surface area contributed by atoms with Gasteiger partial charge in [-0.3, -0.25) is 4.57 Å². The van der Waals surface area contributed by atoms with E-state index in [4.69, 9.17) is 16.1 Å². The molecule has 3 heterocycles. The Kier molecular flexibility index (Phi) is 5.36. The first kappa shape index (κ1) is 18.3. The molecule has 0 atom stereocenters. The molecule has 142 valence electrons. The highest BCUT2D eigenvalue weighted by Gasteiger charge is 2.23. The van der Waals surface area contributed by atoms with Crippen LogP contribution in [0.25, 0.3) is 5.69 Å². The van der Waals surface area contributed by atoms with Crippen molar-refractivity contribution in [2.24, 2.45) is 0 Å². The van der Waals surface area contributed by atoms with Crippen LogP contribution in [0.4, 0.5) is 5.95 Å². The minimum atomic E-state index is 0.216. The maximum Gasteiger partial charge on any atom is 0.232 e. The molecule has 0 unspecified atom stereocenters. The summed E-state index contributed by atoms with van der Waals surface area (Å²) in [5, 5.41) is 14.4. The summed E-state index contributed by atoms with van der Waals surface area (Å²) in [5.41, 5.74) is 0.952. The van der Waals surface area contributed by atoms with Crippen LogP contribution in [0.5, 0.6) is 0 Å². The van der Waals surface area contributed by atoms with E-state index in [-0.39, 0.29) is 5.92 Å². The smallest absolute Gasteiger partial charge is 0.232 e. The van der Waals surface area contributed by atoms with E-state index in [9.17, 15) is 0 Å². The van der Waals surface area contributed by atoms with Gasteiger partial charge in [-0.25, -0.2) is 0 Å². The van der Waals surface area contributed by atoms with Crippen molar-refractivity contribution in [1.82, 2.24) is 24.9 Å². The number of thioether (sulfide) groups is 1. The van der Waals surface area contributed by atoms with Gasteiger partial charge in [0.2, 0.25) is 11.8 Å². The van der Waals surface area contributed by atoms with Crippen LogP contribution in [0.3, 0.4) is 0 Å². The highest BCUT2D eigenvalue weighted by atomic mass is 35.5. The summed E-state index contributed by atoms with van der Waals surface area (Å²) in [7, 11) is 0. The average Bonchev–Trinajstić information content (AvgIpc) is 3.39. The number of hydrogen-bond acceptors (Lipinski definition) is 7. The van der Waals surface area contributed by atoms with E-state index in [0.29, 0.717) is 22.5 Å². The first-order valence-electron chi connectivity index (χ1n) is 9.03. The van der Waals surface area contributed by atoms with Gasteiger partial charge in [-0.2, -0.15) is 4.98 Å². The third-order valence-electron chi connectivity index (χ3n) is 4.38. The average molecular weight is 405 g/mol. The molecule has 9 heteroatoms. The molecule has 0 spiro atoms. The van der Waals surface area contributed by atoms with Gasteiger partial charge in [-0.15, -0.1) is 10.2 Å². The van der Waals surface area contributed by atoms with E-state index in [1.807, 2.05) is 38.1 Å². The second-order valence-corrected chi connectivity index (χ2v) is 8.16. The molecule has 4 rings (SSSR count). The first-order chi connectivity index (χ1) is 13.1. The van der Waals surface area contributed by atoms with Crippen molar-refractivity contribution in [2.75, 3.05) is 18.0 Å². The van der Waals surface area contributed by atoms with Crippen molar-refractivity contribution >= 4 is 29.3 Å². The second kappa shape index (κ2) is 7.90. The summed E-state index contributed by atoms with van der Waals surface area (Å²) in [6.45, 7) is 6.04. The van der Waals surface area contributed by atoms with E-state index in [1.54, 1.807) is 11.8 Å². The maximum atomic E-state index is 6.22. The number of rotatable bonds is 6. The fraction of sp³-hybridized carbons (Fsp3) is 0.444. The lowest BCUT2D eigenvalue weighted by atomic mass is 10.2. The van der Waals surface area contributed by atoms with E-state index in [2.05, 4.69) is 29.8 Å². The molecular formula is C18H21ClN6OS. The Balaban J connectivity index is 1.63. The Labute approximate surface area is 167 Å². The molecule has 27 heavy (non-hydrogen) atoms. The topological polar surface area (TPSA) is 72.9 Å². The fourth-order valence-electron chi connectivity index (χ4n) is 3.01. The molecule has 2 aromatic heterocycles. The number of benzene rings is 1. The summed E-state index contributed by atoms with van der Waals surface area (Å²) < 4.78 is 7.35. The number of hydrogen-bond donors (Lipinski definition) is 0. The fourth-order valence-corrected chi connectivity index (χ4v) is 3.98. The SMILES string of the molecule is CC(C)c1nc(CSc2nnc(N3CCCC3)n2-c2cccc(Cl)c2)no1. The lowest BCUT2D eigenvalue weighted by Crippen LogP contribution is -2.22. The molecule has 1 aliphatic heterocycles. The van der Waals surface area contributed by atoms with Gasteiger partial charge < -0.3 is 9.42 Å². The molecule has 1 aliphatic rings. The highest BCUT2D eigenvalue weighted by molar-refractivity contribution is 7.98. The third kappa shape index (κ3) is 3.96. The molecule has 1 saturated heterocycles. The normalized spacial score (nSPS) is 14.4. The standard InChI is InChI=1S/C18H21ClN6OS/c1-12(2)16-20-15(23-26-16)11-27-18-22-21-17(24-8-3-4-9-24)25(18)14-7-5-6-13(19)10-14/h5-7,10,12H,3-4,8-9,11H2,1-2H3. The van der Waals surface area contributed by atoms with Crippen LogP contribution in [0.15, 0.2) is 33.9 Å². The molecule has 0 N–H and O–H groups in total. The molecule has 1 fully saturated rings. The van der Waals surface area contributed by atoms with E-state index in [1.165, 1.54) is 12.8 Å². The molecular weight excluding hydrogens is 384 g/mol. The van der Waals surface area contributed by atoms with Gasteiger partial charge in [-0.05, 0) is 31.0 Å². The monoisotopic (exact) mass is 404 g/mol. The molecule has 0 bridgehead atoms. The summed E-state index contributed by atoms with van der Waals surface area (Å²) in [5.74, 6) is 2.95. The number of nitrogens with zero attached hydrogens (tertiary/aromatic N) is 6. The molecule has 7 nitrogen and oxygen atoms in total. The Morgan fingerprint density at radius 2 is 2.04 bits per heavy atom.